The zero-order chi connectivity index (χ0) is 12.1. The Morgan fingerprint density at radius 3 is 3.00 bits per heavy atom. The van der Waals surface area contributed by atoms with Gasteiger partial charge in [0, 0.05) is 12.4 Å². The third-order valence-electron chi connectivity index (χ3n) is 2.23. The second kappa shape index (κ2) is 5.12. The third-order valence-corrected chi connectivity index (χ3v) is 2.23. The van der Waals surface area contributed by atoms with Crippen molar-refractivity contribution in [3.8, 4) is 11.8 Å². The fraction of sp³-hybridized carbons (Fsp3) is 0.167. The summed E-state index contributed by atoms with van der Waals surface area (Å²) in [5, 5.41) is 8.59. The molecule has 0 saturated carbocycles. The van der Waals surface area contributed by atoms with Gasteiger partial charge in [0.15, 0.2) is 11.6 Å². The maximum atomic E-state index is 13.4. The molecular weight excluding hydrogens is 221 g/mol. The van der Waals surface area contributed by atoms with Crippen molar-refractivity contribution in [1.82, 2.24) is 9.55 Å². The van der Waals surface area contributed by atoms with E-state index in [9.17, 15) is 4.39 Å². The van der Waals surface area contributed by atoms with Gasteiger partial charge in [0.25, 0.3) is 0 Å². The average Bonchev–Trinajstić information content (AvgIpc) is 2.84. The first-order valence-corrected chi connectivity index (χ1v) is 5.08. The van der Waals surface area contributed by atoms with E-state index in [-0.39, 0.29) is 11.3 Å². The van der Waals surface area contributed by atoms with Gasteiger partial charge in [-0.3, -0.25) is 0 Å². The van der Waals surface area contributed by atoms with E-state index in [4.69, 9.17) is 10.00 Å². The highest BCUT2D eigenvalue weighted by molar-refractivity contribution is 5.35. The number of aromatic nitrogens is 2. The van der Waals surface area contributed by atoms with Crippen LogP contribution in [0, 0.1) is 17.1 Å². The Balaban J connectivity index is 1.93. The van der Waals surface area contributed by atoms with E-state index < -0.39 is 5.82 Å². The first-order chi connectivity index (χ1) is 8.29. The normalized spacial score (nSPS) is 9.88. The number of halogens is 1. The smallest absolute Gasteiger partial charge is 0.166 e. The van der Waals surface area contributed by atoms with Gasteiger partial charge in [-0.1, -0.05) is 0 Å². The maximum absolute atomic E-state index is 13.4. The molecule has 5 heteroatoms. The summed E-state index contributed by atoms with van der Waals surface area (Å²) in [6.07, 6.45) is 5.14. The van der Waals surface area contributed by atoms with Crippen LogP contribution in [0.2, 0.25) is 0 Å². The summed E-state index contributed by atoms with van der Waals surface area (Å²) >= 11 is 0. The number of imidazole rings is 1. The summed E-state index contributed by atoms with van der Waals surface area (Å²) in [7, 11) is 0. The van der Waals surface area contributed by atoms with Crippen molar-refractivity contribution in [1.29, 1.82) is 5.26 Å². The molecule has 86 valence electrons. The Labute approximate surface area is 97.9 Å². The van der Waals surface area contributed by atoms with Crippen molar-refractivity contribution in [2.75, 3.05) is 6.61 Å². The number of nitriles is 1. The molecule has 0 amide bonds. The monoisotopic (exact) mass is 231 g/mol. The number of ether oxygens (including phenoxy) is 1. The van der Waals surface area contributed by atoms with Crippen LogP contribution >= 0.6 is 0 Å². The summed E-state index contributed by atoms with van der Waals surface area (Å²) < 4.78 is 20.5. The molecule has 1 aromatic heterocycles. The van der Waals surface area contributed by atoms with Gasteiger partial charge in [-0.15, -0.1) is 0 Å². The van der Waals surface area contributed by atoms with E-state index in [1.807, 2.05) is 10.6 Å². The largest absolute Gasteiger partial charge is 0.489 e. The highest BCUT2D eigenvalue weighted by atomic mass is 19.1. The minimum absolute atomic E-state index is 0.157. The highest BCUT2D eigenvalue weighted by Gasteiger charge is 2.04. The summed E-state index contributed by atoms with van der Waals surface area (Å²) in [6.45, 7) is 0.943. The number of hydrogen-bond donors (Lipinski definition) is 0. The summed E-state index contributed by atoms with van der Waals surface area (Å²) in [5.74, 6) is -0.362. The summed E-state index contributed by atoms with van der Waals surface area (Å²) in [6, 6.07) is 6.01. The van der Waals surface area contributed by atoms with Gasteiger partial charge in [0.05, 0.1) is 24.5 Å². The van der Waals surface area contributed by atoms with E-state index in [0.29, 0.717) is 13.2 Å². The fourth-order valence-corrected chi connectivity index (χ4v) is 1.37. The zero-order valence-electron chi connectivity index (χ0n) is 9.01. The van der Waals surface area contributed by atoms with Crippen molar-refractivity contribution >= 4 is 0 Å². The molecule has 0 atom stereocenters. The molecule has 0 aliphatic carbocycles. The van der Waals surface area contributed by atoms with E-state index in [1.165, 1.54) is 12.1 Å². The van der Waals surface area contributed by atoms with Crippen molar-refractivity contribution in [2.45, 2.75) is 6.54 Å². The van der Waals surface area contributed by atoms with Crippen molar-refractivity contribution in [3.05, 3.63) is 48.3 Å². The Morgan fingerprint density at radius 1 is 1.47 bits per heavy atom. The van der Waals surface area contributed by atoms with Crippen LogP contribution in [0.15, 0.2) is 36.9 Å². The second-order valence-electron chi connectivity index (χ2n) is 3.41. The van der Waals surface area contributed by atoms with Crippen molar-refractivity contribution in [2.24, 2.45) is 0 Å². The molecule has 0 aliphatic heterocycles. The molecule has 4 nitrogen and oxygen atoms in total. The minimum Gasteiger partial charge on any atom is -0.489 e. The van der Waals surface area contributed by atoms with E-state index in [1.54, 1.807) is 18.7 Å². The molecule has 0 aliphatic rings. The predicted octanol–water partition coefficient (Wildman–Crippen LogP) is 1.97. The molecule has 0 radical (unpaired) electrons. The number of nitrogens with zero attached hydrogens (tertiary/aromatic N) is 3. The van der Waals surface area contributed by atoms with Crippen LogP contribution < -0.4 is 4.74 Å². The molecular formula is C12H10FN3O. The molecule has 0 spiro atoms. The first-order valence-electron chi connectivity index (χ1n) is 5.08. The van der Waals surface area contributed by atoms with E-state index in [0.717, 1.165) is 6.07 Å². The van der Waals surface area contributed by atoms with Crippen LogP contribution in [0.3, 0.4) is 0 Å². The van der Waals surface area contributed by atoms with E-state index >= 15 is 0 Å². The van der Waals surface area contributed by atoms with Crippen LogP contribution in [0.4, 0.5) is 4.39 Å². The second-order valence-corrected chi connectivity index (χ2v) is 3.41. The van der Waals surface area contributed by atoms with Gasteiger partial charge in [-0.25, -0.2) is 9.37 Å². The molecule has 0 unspecified atom stereocenters. The Morgan fingerprint density at radius 2 is 2.35 bits per heavy atom. The van der Waals surface area contributed by atoms with Gasteiger partial charge in [-0.2, -0.15) is 5.26 Å². The minimum atomic E-state index is -0.519. The Kier molecular flexibility index (Phi) is 3.36. The lowest BCUT2D eigenvalue weighted by molar-refractivity contribution is 0.284. The summed E-state index contributed by atoms with van der Waals surface area (Å²) in [4.78, 5) is 3.89. The third kappa shape index (κ3) is 2.82. The van der Waals surface area contributed by atoms with Gasteiger partial charge in [0.1, 0.15) is 6.61 Å². The highest BCUT2D eigenvalue weighted by Crippen LogP contribution is 2.17. The number of rotatable bonds is 4. The lowest BCUT2D eigenvalue weighted by Crippen LogP contribution is -2.07. The fourth-order valence-electron chi connectivity index (χ4n) is 1.37. The number of benzene rings is 1. The molecule has 0 fully saturated rings. The van der Waals surface area contributed by atoms with Crippen LogP contribution in [-0.4, -0.2) is 16.2 Å². The van der Waals surface area contributed by atoms with E-state index in [2.05, 4.69) is 4.98 Å². The molecule has 0 saturated heterocycles. The van der Waals surface area contributed by atoms with Crippen LogP contribution in [0.1, 0.15) is 5.56 Å². The Bertz CT molecular complexity index is 531. The SMILES string of the molecule is N#Cc1ccc(OCCn2ccnc2)c(F)c1. The molecule has 1 aromatic carbocycles. The van der Waals surface area contributed by atoms with Gasteiger partial charge in [-0.05, 0) is 18.2 Å². The standard InChI is InChI=1S/C12H10FN3O/c13-11-7-10(8-14)1-2-12(11)17-6-5-16-4-3-15-9-16/h1-4,7,9H,5-6H2. The first kappa shape index (κ1) is 11.1. The number of hydrogen-bond acceptors (Lipinski definition) is 3. The van der Waals surface area contributed by atoms with Gasteiger partial charge >= 0.3 is 0 Å². The molecule has 0 bridgehead atoms. The van der Waals surface area contributed by atoms with Crippen LogP contribution in [0.5, 0.6) is 5.75 Å². The van der Waals surface area contributed by atoms with Crippen LogP contribution in [0.25, 0.3) is 0 Å². The van der Waals surface area contributed by atoms with Gasteiger partial charge in [0.2, 0.25) is 0 Å². The summed E-state index contributed by atoms with van der Waals surface area (Å²) in [5.41, 5.74) is 0.282. The molecule has 17 heavy (non-hydrogen) atoms. The predicted molar refractivity (Wildman–Crippen MR) is 58.8 cm³/mol. The van der Waals surface area contributed by atoms with Crippen LogP contribution in [-0.2, 0) is 6.54 Å². The molecule has 2 rings (SSSR count). The lowest BCUT2D eigenvalue weighted by Gasteiger charge is -2.07. The maximum Gasteiger partial charge on any atom is 0.166 e. The topological polar surface area (TPSA) is 50.8 Å². The van der Waals surface area contributed by atoms with Gasteiger partial charge < -0.3 is 9.30 Å². The lowest BCUT2D eigenvalue weighted by atomic mass is 10.2. The Hall–Kier alpha value is -2.35. The molecule has 1 heterocycles. The zero-order valence-corrected chi connectivity index (χ0v) is 9.01. The molecule has 0 N–H and O–H groups in total. The average molecular weight is 231 g/mol. The van der Waals surface area contributed by atoms with Crippen molar-refractivity contribution in [3.63, 3.8) is 0 Å². The quantitative estimate of drug-likeness (QED) is 0.808. The molecule has 2 aromatic rings. The van der Waals surface area contributed by atoms with Crippen molar-refractivity contribution < 1.29 is 9.13 Å².